The third-order valence-corrected chi connectivity index (χ3v) is 3.70. The molecule has 0 aliphatic rings. The van der Waals surface area contributed by atoms with Crippen molar-refractivity contribution in [2.45, 2.75) is 6.92 Å². The standard InChI is InChI=1S/C14H12BrFN2O2/c1-7-4-8(2-3-10(7)15)18-13-5-9(14(19)20)12(17)6-11(13)16/h2-6,18H,17H2,1H3,(H,19,20). The molecule has 0 amide bonds. The number of benzene rings is 2. The van der Waals surface area contributed by atoms with Crippen molar-refractivity contribution in [2.24, 2.45) is 0 Å². The molecule has 4 nitrogen and oxygen atoms in total. The quantitative estimate of drug-likeness (QED) is 0.741. The van der Waals surface area contributed by atoms with E-state index in [-0.39, 0.29) is 16.9 Å². The van der Waals surface area contributed by atoms with Crippen LogP contribution in [0, 0.1) is 12.7 Å². The maximum absolute atomic E-state index is 13.8. The SMILES string of the molecule is Cc1cc(Nc2cc(C(=O)O)c(N)cc2F)ccc1Br. The third kappa shape index (κ3) is 2.91. The summed E-state index contributed by atoms with van der Waals surface area (Å²) in [5.74, 6) is -1.80. The predicted molar refractivity (Wildman–Crippen MR) is 79.9 cm³/mol. The van der Waals surface area contributed by atoms with Gasteiger partial charge in [-0.15, -0.1) is 0 Å². The number of nitrogens with one attached hydrogen (secondary N) is 1. The van der Waals surface area contributed by atoms with Crippen molar-refractivity contribution in [3.8, 4) is 0 Å². The molecular weight excluding hydrogens is 327 g/mol. The first-order valence-corrected chi connectivity index (χ1v) is 6.53. The van der Waals surface area contributed by atoms with Crippen LogP contribution in [-0.4, -0.2) is 11.1 Å². The second-order valence-corrected chi connectivity index (χ2v) is 5.17. The van der Waals surface area contributed by atoms with Crippen LogP contribution in [0.4, 0.5) is 21.5 Å². The van der Waals surface area contributed by atoms with Crippen molar-refractivity contribution >= 4 is 39.0 Å². The summed E-state index contributed by atoms with van der Waals surface area (Å²) in [4.78, 5) is 11.0. The topological polar surface area (TPSA) is 75.3 Å². The number of nitrogen functional groups attached to an aromatic ring is 1. The van der Waals surface area contributed by atoms with E-state index in [9.17, 15) is 9.18 Å². The summed E-state index contributed by atoms with van der Waals surface area (Å²) in [6, 6.07) is 7.58. The molecule has 4 N–H and O–H groups in total. The zero-order valence-electron chi connectivity index (χ0n) is 10.6. The molecular formula is C14H12BrFN2O2. The predicted octanol–water partition coefficient (Wildman–Crippen LogP) is 3.92. The van der Waals surface area contributed by atoms with Gasteiger partial charge >= 0.3 is 5.97 Å². The first kappa shape index (κ1) is 14.3. The van der Waals surface area contributed by atoms with E-state index >= 15 is 0 Å². The molecule has 0 saturated carbocycles. The lowest BCUT2D eigenvalue weighted by Crippen LogP contribution is -2.05. The van der Waals surface area contributed by atoms with Gasteiger partial charge in [-0.25, -0.2) is 9.18 Å². The number of anilines is 3. The van der Waals surface area contributed by atoms with E-state index in [0.717, 1.165) is 16.1 Å². The number of aromatic carboxylic acids is 1. The maximum Gasteiger partial charge on any atom is 0.337 e. The molecule has 2 rings (SSSR count). The molecule has 0 saturated heterocycles. The van der Waals surface area contributed by atoms with Crippen molar-refractivity contribution in [3.63, 3.8) is 0 Å². The number of hydrogen-bond donors (Lipinski definition) is 3. The van der Waals surface area contributed by atoms with Crippen LogP contribution in [0.1, 0.15) is 15.9 Å². The number of halogens is 2. The lowest BCUT2D eigenvalue weighted by molar-refractivity contribution is 0.0698. The van der Waals surface area contributed by atoms with E-state index < -0.39 is 11.8 Å². The van der Waals surface area contributed by atoms with Crippen LogP contribution in [0.3, 0.4) is 0 Å². The van der Waals surface area contributed by atoms with E-state index in [0.29, 0.717) is 5.69 Å². The average molecular weight is 339 g/mol. The highest BCUT2D eigenvalue weighted by Gasteiger charge is 2.13. The molecule has 2 aromatic carbocycles. The van der Waals surface area contributed by atoms with Crippen LogP contribution in [-0.2, 0) is 0 Å². The van der Waals surface area contributed by atoms with Crippen molar-refractivity contribution in [1.82, 2.24) is 0 Å². The zero-order valence-corrected chi connectivity index (χ0v) is 12.2. The van der Waals surface area contributed by atoms with Crippen molar-refractivity contribution in [2.75, 3.05) is 11.1 Å². The molecule has 0 bridgehead atoms. The smallest absolute Gasteiger partial charge is 0.337 e. The van der Waals surface area contributed by atoms with Gasteiger partial charge in [-0.1, -0.05) is 15.9 Å². The first-order valence-electron chi connectivity index (χ1n) is 5.74. The maximum atomic E-state index is 13.8. The third-order valence-electron chi connectivity index (χ3n) is 2.81. The van der Waals surface area contributed by atoms with Gasteiger partial charge in [0.2, 0.25) is 0 Å². The minimum Gasteiger partial charge on any atom is -0.478 e. The van der Waals surface area contributed by atoms with E-state index in [4.69, 9.17) is 10.8 Å². The Balaban J connectivity index is 2.40. The number of hydrogen-bond acceptors (Lipinski definition) is 3. The van der Waals surface area contributed by atoms with Gasteiger partial charge in [0, 0.05) is 15.8 Å². The lowest BCUT2D eigenvalue weighted by Gasteiger charge is -2.11. The van der Waals surface area contributed by atoms with Gasteiger partial charge in [-0.3, -0.25) is 0 Å². The minimum absolute atomic E-state index is 0.0679. The van der Waals surface area contributed by atoms with Gasteiger partial charge in [0.25, 0.3) is 0 Å². The fraction of sp³-hybridized carbons (Fsp3) is 0.0714. The van der Waals surface area contributed by atoms with Crippen LogP contribution in [0.5, 0.6) is 0 Å². The summed E-state index contributed by atoms with van der Waals surface area (Å²) in [6.45, 7) is 1.90. The first-order chi connectivity index (χ1) is 9.38. The summed E-state index contributed by atoms with van der Waals surface area (Å²) in [5.41, 5.74) is 6.94. The molecule has 104 valence electrons. The van der Waals surface area contributed by atoms with Crippen LogP contribution in [0.2, 0.25) is 0 Å². The molecule has 0 radical (unpaired) electrons. The zero-order chi connectivity index (χ0) is 14.9. The fourth-order valence-electron chi connectivity index (χ4n) is 1.75. The van der Waals surface area contributed by atoms with Gasteiger partial charge in [0.05, 0.1) is 11.3 Å². The Labute approximate surface area is 123 Å². The second kappa shape index (κ2) is 5.50. The van der Waals surface area contributed by atoms with Crippen LogP contribution < -0.4 is 11.1 Å². The van der Waals surface area contributed by atoms with Crippen LogP contribution in [0.15, 0.2) is 34.8 Å². The van der Waals surface area contributed by atoms with E-state index in [1.807, 2.05) is 19.1 Å². The average Bonchev–Trinajstić information content (AvgIpc) is 2.36. The summed E-state index contributed by atoms with van der Waals surface area (Å²) in [6.07, 6.45) is 0. The van der Waals surface area contributed by atoms with Crippen molar-refractivity contribution < 1.29 is 14.3 Å². The van der Waals surface area contributed by atoms with Crippen molar-refractivity contribution in [3.05, 3.63) is 51.7 Å². The molecule has 0 fully saturated rings. The summed E-state index contributed by atoms with van der Waals surface area (Å²) in [5, 5.41) is 11.8. The monoisotopic (exact) mass is 338 g/mol. The van der Waals surface area contributed by atoms with E-state index in [1.165, 1.54) is 6.07 Å². The molecule has 20 heavy (non-hydrogen) atoms. The molecule has 0 atom stereocenters. The molecule has 0 spiro atoms. The normalized spacial score (nSPS) is 10.3. The van der Waals surface area contributed by atoms with Gasteiger partial charge in [-0.2, -0.15) is 0 Å². The van der Waals surface area contributed by atoms with Gasteiger partial charge in [0.1, 0.15) is 5.82 Å². The van der Waals surface area contributed by atoms with Crippen LogP contribution >= 0.6 is 15.9 Å². The molecule has 6 heteroatoms. The molecule has 0 aliphatic heterocycles. The Morgan fingerprint density at radius 1 is 1.35 bits per heavy atom. The molecule has 0 aliphatic carbocycles. The van der Waals surface area contributed by atoms with Crippen LogP contribution in [0.25, 0.3) is 0 Å². The minimum atomic E-state index is -1.20. The highest BCUT2D eigenvalue weighted by Crippen LogP contribution is 2.27. The molecule has 0 heterocycles. The second-order valence-electron chi connectivity index (χ2n) is 4.31. The number of rotatable bonds is 3. The number of carboxylic acid groups (broad SMARTS) is 1. The largest absolute Gasteiger partial charge is 0.478 e. The Kier molecular flexibility index (Phi) is 3.94. The summed E-state index contributed by atoms with van der Waals surface area (Å²) in [7, 11) is 0. The number of nitrogens with two attached hydrogens (primary N) is 1. The molecule has 2 aromatic rings. The Morgan fingerprint density at radius 2 is 2.05 bits per heavy atom. The summed E-state index contributed by atoms with van der Waals surface area (Å²) >= 11 is 3.37. The number of carbonyl (C=O) groups is 1. The summed E-state index contributed by atoms with van der Waals surface area (Å²) < 4.78 is 14.8. The van der Waals surface area contributed by atoms with Gasteiger partial charge < -0.3 is 16.2 Å². The number of carboxylic acids is 1. The van der Waals surface area contributed by atoms with Gasteiger partial charge in [-0.05, 0) is 42.8 Å². The van der Waals surface area contributed by atoms with Crippen molar-refractivity contribution in [1.29, 1.82) is 0 Å². The highest BCUT2D eigenvalue weighted by atomic mass is 79.9. The Bertz CT molecular complexity index is 689. The fourth-order valence-corrected chi connectivity index (χ4v) is 1.99. The van der Waals surface area contributed by atoms with Gasteiger partial charge in [0.15, 0.2) is 0 Å². The van der Waals surface area contributed by atoms with E-state index in [1.54, 1.807) is 6.07 Å². The lowest BCUT2D eigenvalue weighted by atomic mass is 10.1. The molecule has 0 aromatic heterocycles. The highest BCUT2D eigenvalue weighted by molar-refractivity contribution is 9.10. The number of aryl methyl sites for hydroxylation is 1. The Hall–Kier alpha value is -2.08. The Morgan fingerprint density at radius 3 is 2.65 bits per heavy atom. The van der Waals surface area contributed by atoms with E-state index in [2.05, 4.69) is 21.2 Å². The molecule has 0 unspecified atom stereocenters.